The monoisotopic (exact) mass is 405 g/mol. The normalized spacial score (nSPS) is 18.6. The van der Waals surface area contributed by atoms with Crippen molar-refractivity contribution in [3.05, 3.63) is 53.9 Å². The van der Waals surface area contributed by atoms with Gasteiger partial charge in [-0.1, -0.05) is 6.07 Å². The number of hydrogen-bond donors (Lipinski definition) is 2. The first kappa shape index (κ1) is 18.8. The van der Waals surface area contributed by atoms with Gasteiger partial charge in [-0.15, -0.1) is 13.2 Å². The van der Waals surface area contributed by atoms with Crippen molar-refractivity contribution >= 4 is 22.8 Å². The average Bonchev–Trinajstić information content (AvgIpc) is 3.35. The van der Waals surface area contributed by atoms with Crippen molar-refractivity contribution < 1.29 is 32.6 Å². The minimum Gasteiger partial charge on any atom is -0.481 e. The molecule has 3 N–H and O–H groups in total. The second-order valence-corrected chi connectivity index (χ2v) is 6.71. The molecule has 4 rings (SSSR count). The van der Waals surface area contributed by atoms with Gasteiger partial charge in [-0.25, -0.2) is 4.98 Å². The zero-order valence-electron chi connectivity index (χ0n) is 14.7. The fraction of sp³-hybridized carbons (Fsp3) is 0.211. The molecule has 0 bridgehead atoms. The Labute approximate surface area is 161 Å². The van der Waals surface area contributed by atoms with E-state index in [0.717, 1.165) is 12.1 Å². The van der Waals surface area contributed by atoms with Crippen LogP contribution in [0.15, 0.2) is 42.5 Å². The van der Waals surface area contributed by atoms with Crippen LogP contribution in [0.4, 0.5) is 13.2 Å². The molecule has 2 aromatic heterocycles. The number of rotatable bonds is 5. The quantitative estimate of drug-likeness (QED) is 0.678. The van der Waals surface area contributed by atoms with Gasteiger partial charge < -0.3 is 15.6 Å². The highest BCUT2D eigenvalue weighted by atomic mass is 19.4. The van der Waals surface area contributed by atoms with Gasteiger partial charge in [0.05, 0.1) is 11.4 Å². The first-order chi connectivity index (χ1) is 13.6. The second-order valence-electron chi connectivity index (χ2n) is 6.71. The van der Waals surface area contributed by atoms with Crippen molar-refractivity contribution in [3.8, 4) is 11.6 Å². The smallest absolute Gasteiger partial charge is 0.481 e. The van der Waals surface area contributed by atoms with Gasteiger partial charge in [-0.2, -0.15) is 0 Å². The van der Waals surface area contributed by atoms with Crippen LogP contribution < -0.4 is 10.5 Å². The summed E-state index contributed by atoms with van der Waals surface area (Å²) in [5, 5.41) is 9.59. The maximum absolute atomic E-state index is 12.6. The number of carbonyl (C=O) groups excluding carboxylic acids is 1. The number of amides is 1. The van der Waals surface area contributed by atoms with E-state index in [-0.39, 0.29) is 22.9 Å². The van der Waals surface area contributed by atoms with Gasteiger partial charge in [0.1, 0.15) is 17.3 Å². The summed E-state index contributed by atoms with van der Waals surface area (Å²) in [5.74, 6) is -2.70. The van der Waals surface area contributed by atoms with Crippen molar-refractivity contribution in [2.24, 2.45) is 11.7 Å². The zero-order valence-corrected chi connectivity index (χ0v) is 14.7. The number of pyridine rings is 1. The van der Waals surface area contributed by atoms with E-state index in [1.54, 1.807) is 18.2 Å². The van der Waals surface area contributed by atoms with E-state index in [4.69, 9.17) is 10.8 Å². The molecule has 1 aliphatic rings. The van der Waals surface area contributed by atoms with E-state index in [9.17, 15) is 22.8 Å². The molecule has 150 valence electrons. The predicted molar refractivity (Wildman–Crippen MR) is 94.8 cm³/mol. The molecule has 0 spiro atoms. The summed E-state index contributed by atoms with van der Waals surface area (Å²) in [6.07, 6.45) is -4.42. The van der Waals surface area contributed by atoms with Gasteiger partial charge in [-0.05, 0) is 36.8 Å². The van der Waals surface area contributed by atoms with Gasteiger partial charge in [0.25, 0.3) is 5.91 Å². The van der Waals surface area contributed by atoms with Crippen LogP contribution in [0.5, 0.6) is 5.75 Å². The highest BCUT2D eigenvalue weighted by Crippen LogP contribution is 2.47. The lowest BCUT2D eigenvalue weighted by molar-refractivity contribution is -0.274. The van der Waals surface area contributed by atoms with Crippen LogP contribution in [-0.4, -0.2) is 32.9 Å². The summed E-state index contributed by atoms with van der Waals surface area (Å²) < 4.78 is 43.1. The number of primary amides is 1. The molecule has 3 aromatic rings. The number of halogens is 3. The number of benzene rings is 1. The molecule has 1 aliphatic carbocycles. The molecule has 1 fully saturated rings. The second kappa shape index (κ2) is 6.50. The fourth-order valence-corrected chi connectivity index (χ4v) is 3.37. The van der Waals surface area contributed by atoms with Crippen LogP contribution in [0, 0.1) is 5.92 Å². The van der Waals surface area contributed by atoms with E-state index in [2.05, 4.69) is 9.72 Å². The summed E-state index contributed by atoms with van der Waals surface area (Å²) in [7, 11) is 0. The van der Waals surface area contributed by atoms with Crippen molar-refractivity contribution in [1.29, 1.82) is 0 Å². The molecule has 0 aliphatic heterocycles. The Morgan fingerprint density at radius 2 is 1.97 bits per heavy atom. The fourth-order valence-electron chi connectivity index (χ4n) is 3.37. The standard InChI is InChI=1S/C19H14F3N3O4/c20-19(21,22)29-10-5-4-9-6-15(17(23)26)25(14(9)7-10)16-3-1-2-13(24-16)11-8-12(11)18(27)28/h1-7,11-12H,8H2,(H2,23,26)(H,27,28)/t11-,12-/m1/s1. The molecular formula is C19H14F3N3O4. The molecule has 10 heteroatoms. The molecule has 0 radical (unpaired) electrons. The molecule has 2 atom stereocenters. The van der Waals surface area contributed by atoms with Gasteiger partial charge in [0.2, 0.25) is 0 Å². The Hall–Kier alpha value is -3.56. The number of nitrogens with zero attached hydrogens (tertiary/aromatic N) is 2. The molecule has 0 unspecified atom stereocenters. The first-order valence-electron chi connectivity index (χ1n) is 8.55. The third-order valence-electron chi connectivity index (χ3n) is 4.73. The molecule has 29 heavy (non-hydrogen) atoms. The molecule has 1 saturated carbocycles. The Morgan fingerprint density at radius 1 is 1.21 bits per heavy atom. The summed E-state index contributed by atoms with van der Waals surface area (Å²) in [5.41, 5.74) is 6.25. The highest BCUT2D eigenvalue weighted by molar-refractivity contribution is 5.99. The van der Waals surface area contributed by atoms with E-state index in [0.29, 0.717) is 17.5 Å². The molecular weight excluding hydrogens is 391 g/mol. The summed E-state index contributed by atoms with van der Waals surface area (Å²) in [4.78, 5) is 27.5. The van der Waals surface area contributed by atoms with Gasteiger partial charge >= 0.3 is 12.3 Å². The number of ether oxygens (including phenoxy) is 1. The Balaban J connectivity index is 1.83. The lowest BCUT2D eigenvalue weighted by atomic mass is 10.2. The van der Waals surface area contributed by atoms with Crippen LogP contribution in [0.2, 0.25) is 0 Å². The van der Waals surface area contributed by atoms with Crippen molar-refractivity contribution in [3.63, 3.8) is 0 Å². The Bertz CT molecular complexity index is 1140. The SMILES string of the molecule is NC(=O)c1cc2ccc(OC(F)(F)F)cc2n1-c1cccc([C@@H]2C[C@H]2C(=O)O)n1. The van der Waals surface area contributed by atoms with E-state index >= 15 is 0 Å². The number of nitrogens with two attached hydrogens (primary N) is 1. The number of carboxylic acid groups (broad SMARTS) is 1. The maximum atomic E-state index is 12.6. The number of carboxylic acids is 1. The molecule has 1 aromatic carbocycles. The third kappa shape index (κ3) is 3.60. The predicted octanol–water partition coefficient (Wildman–Crippen LogP) is 3.21. The van der Waals surface area contributed by atoms with Gasteiger partial charge in [-0.3, -0.25) is 14.2 Å². The average molecular weight is 405 g/mol. The van der Waals surface area contributed by atoms with E-state index in [1.807, 2.05) is 0 Å². The van der Waals surface area contributed by atoms with Crippen molar-refractivity contribution in [2.75, 3.05) is 0 Å². The maximum Gasteiger partial charge on any atom is 0.573 e. The lowest BCUT2D eigenvalue weighted by Gasteiger charge is -2.12. The summed E-state index contributed by atoms with van der Waals surface area (Å²) >= 11 is 0. The van der Waals surface area contributed by atoms with E-state index in [1.165, 1.54) is 16.7 Å². The van der Waals surface area contributed by atoms with Crippen LogP contribution in [0.25, 0.3) is 16.7 Å². The van der Waals surface area contributed by atoms with Crippen LogP contribution >= 0.6 is 0 Å². The van der Waals surface area contributed by atoms with E-state index < -0.39 is 29.9 Å². The van der Waals surface area contributed by atoms with Crippen molar-refractivity contribution in [2.45, 2.75) is 18.7 Å². The minimum atomic E-state index is -4.87. The Morgan fingerprint density at radius 3 is 2.59 bits per heavy atom. The number of carbonyl (C=O) groups is 2. The Kier molecular flexibility index (Phi) is 4.21. The largest absolute Gasteiger partial charge is 0.573 e. The van der Waals surface area contributed by atoms with Crippen LogP contribution in [0.3, 0.4) is 0 Å². The van der Waals surface area contributed by atoms with Gasteiger partial charge in [0, 0.05) is 23.1 Å². The molecule has 7 nitrogen and oxygen atoms in total. The van der Waals surface area contributed by atoms with Crippen LogP contribution in [0.1, 0.15) is 28.5 Å². The number of aliphatic carboxylic acids is 1. The van der Waals surface area contributed by atoms with Crippen molar-refractivity contribution in [1.82, 2.24) is 9.55 Å². The first-order valence-corrected chi connectivity index (χ1v) is 8.55. The number of aromatic nitrogens is 2. The number of hydrogen-bond acceptors (Lipinski definition) is 4. The highest BCUT2D eigenvalue weighted by Gasteiger charge is 2.45. The number of alkyl halides is 3. The third-order valence-corrected chi connectivity index (χ3v) is 4.73. The number of fused-ring (bicyclic) bond motifs is 1. The zero-order chi connectivity index (χ0) is 20.9. The molecule has 0 saturated heterocycles. The molecule has 2 heterocycles. The summed E-state index contributed by atoms with van der Waals surface area (Å²) in [6, 6.07) is 9.97. The lowest BCUT2D eigenvalue weighted by Crippen LogP contribution is -2.17. The van der Waals surface area contributed by atoms with Gasteiger partial charge in [0.15, 0.2) is 0 Å². The van der Waals surface area contributed by atoms with Crippen LogP contribution in [-0.2, 0) is 4.79 Å². The summed E-state index contributed by atoms with van der Waals surface area (Å²) in [6.45, 7) is 0. The topological polar surface area (TPSA) is 107 Å². The molecule has 1 amide bonds. The minimum absolute atomic E-state index is 0.0272.